The second kappa shape index (κ2) is 10.4. The molecule has 0 aliphatic carbocycles. The van der Waals surface area contributed by atoms with Crippen molar-refractivity contribution < 1.29 is 26.3 Å². The topological polar surface area (TPSA) is 52.0 Å². The molecule has 0 saturated heterocycles. The average Bonchev–Trinajstić information content (AvgIpc) is 2.89. The Morgan fingerprint density at radius 2 is 0.711 bits per heavy atom. The third kappa shape index (κ3) is 4.31. The molecule has 4 aromatic rings. The van der Waals surface area contributed by atoms with E-state index in [1.165, 1.54) is 0 Å². The molecule has 0 aliphatic rings. The molecule has 0 amide bonds. The molecule has 0 aliphatic heterocycles. The SMILES string of the molecule is Nc1c(Cl)c(Cl)c(-c2c(Cl)c(Cl)c(N)c(Cl)c2-c2ccc(F)c(F)c2F)c(-c2ccc(F)c(F)c2F)c1Cl. The molecule has 38 heavy (non-hydrogen) atoms. The highest BCUT2D eigenvalue weighted by molar-refractivity contribution is 6.52. The molecule has 2 nitrogen and oxygen atoms in total. The molecule has 0 bridgehead atoms. The van der Waals surface area contributed by atoms with Crippen LogP contribution in [-0.4, -0.2) is 0 Å². The minimum Gasteiger partial charge on any atom is -0.396 e. The van der Waals surface area contributed by atoms with E-state index in [-0.39, 0.29) is 0 Å². The van der Waals surface area contributed by atoms with E-state index in [9.17, 15) is 17.6 Å². The van der Waals surface area contributed by atoms with Crippen LogP contribution in [0.2, 0.25) is 30.1 Å². The van der Waals surface area contributed by atoms with Crippen LogP contribution < -0.4 is 11.5 Å². The van der Waals surface area contributed by atoms with Gasteiger partial charge >= 0.3 is 0 Å². The van der Waals surface area contributed by atoms with Gasteiger partial charge in [0.15, 0.2) is 34.9 Å². The minimum atomic E-state index is -1.87. The van der Waals surface area contributed by atoms with Gasteiger partial charge in [-0.05, 0) is 24.3 Å². The fourth-order valence-electron chi connectivity index (χ4n) is 3.77. The van der Waals surface area contributed by atoms with Crippen LogP contribution in [0.25, 0.3) is 33.4 Å². The Balaban J connectivity index is 2.32. The van der Waals surface area contributed by atoms with Gasteiger partial charge in [0.05, 0.1) is 41.5 Å². The molecule has 0 unspecified atom stereocenters. The Morgan fingerprint density at radius 3 is 1.03 bits per heavy atom. The second-order valence-corrected chi connectivity index (χ2v) is 9.92. The van der Waals surface area contributed by atoms with E-state index < -0.39 is 110 Å². The Morgan fingerprint density at radius 1 is 0.395 bits per heavy atom. The molecule has 198 valence electrons. The molecule has 0 radical (unpaired) electrons. The fraction of sp³-hybridized carbons (Fsp3) is 0. The van der Waals surface area contributed by atoms with E-state index in [4.69, 9.17) is 81.1 Å². The molecular formula is C24H8Cl6F6N2. The van der Waals surface area contributed by atoms with Gasteiger partial charge in [-0.2, -0.15) is 0 Å². The Labute approximate surface area is 240 Å². The number of nitrogen functional groups attached to an aromatic ring is 2. The summed E-state index contributed by atoms with van der Waals surface area (Å²) < 4.78 is 86.1. The van der Waals surface area contributed by atoms with Crippen molar-refractivity contribution in [3.8, 4) is 33.4 Å². The highest BCUT2D eigenvalue weighted by atomic mass is 35.5. The zero-order chi connectivity index (χ0) is 28.4. The standard InChI is InChI=1S/C24H8Cl6F6N2/c25-13-11(9(15(27)23(37)17(13)29)5-1-3-7(31)21(35)19(5)33)12-10(16(28)24(38)18(30)14(12)26)6-2-4-8(32)22(36)20(6)34/h1-4H,37-38H2. The zero-order valence-corrected chi connectivity index (χ0v) is 22.5. The van der Waals surface area contributed by atoms with E-state index in [1.54, 1.807) is 0 Å². The summed E-state index contributed by atoms with van der Waals surface area (Å²) in [4.78, 5) is 0. The van der Waals surface area contributed by atoms with Crippen LogP contribution in [0.3, 0.4) is 0 Å². The first kappa shape index (κ1) is 28.8. The summed E-state index contributed by atoms with van der Waals surface area (Å²) in [6.45, 7) is 0. The summed E-state index contributed by atoms with van der Waals surface area (Å²) in [6.07, 6.45) is 0. The molecule has 4 rings (SSSR count). The predicted octanol–water partition coefficient (Wildman–Crippen LogP) is 10.6. The number of benzene rings is 4. The summed E-state index contributed by atoms with van der Waals surface area (Å²) in [5.41, 5.74) is 7.85. The summed E-state index contributed by atoms with van der Waals surface area (Å²) in [5, 5.41) is -2.80. The summed E-state index contributed by atoms with van der Waals surface area (Å²) >= 11 is 38.3. The minimum absolute atomic E-state index is 0.398. The van der Waals surface area contributed by atoms with Gasteiger partial charge in [-0.25, -0.2) is 26.3 Å². The number of nitrogens with two attached hydrogens (primary N) is 2. The van der Waals surface area contributed by atoms with Crippen LogP contribution in [0.1, 0.15) is 0 Å². The number of hydrogen-bond acceptors (Lipinski definition) is 2. The van der Waals surface area contributed by atoms with Crippen LogP contribution in [0.4, 0.5) is 37.7 Å². The third-order valence-electron chi connectivity index (χ3n) is 5.57. The van der Waals surface area contributed by atoms with Crippen LogP contribution in [0, 0.1) is 34.9 Å². The van der Waals surface area contributed by atoms with E-state index in [0.717, 1.165) is 12.1 Å². The number of rotatable bonds is 3. The van der Waals surface area contributed by atoms with Crippen molar-refractivity contribution in [1.29, 1.82) is 0 Å². The number of halogens is 12. The molecule has 0 fully saturated rings. The first-order valence-corrected chi connectivity index (χ1v) is 12.2. The van der Waals surface area contributed by atoms with Gasteiger partial charge < -0.3 is 11.5 Å². The van der Waals surface area contributed by atoms with E-state index in [2.05, 4.69) is 0 Å². The maximum atomic E-state index is 15.0. The molecular weight excluding hydrogens is 643 g/mol. The highest BCUT2D eigenvalue weighted by Gasteiger charge is 2.32. The second-order valence-electron chi connectivity index (χ2n) is 7.66. The molecule has 0 atom stereocenters. The number of anilines is 2. The summed E-state index contributed by atoms with van der Waals surface area (Å²) in [6, 6.07) is 2.81. The lowest BCUT2D eigenvalue weighted by molar-refractivity contribution is 0.449. The molecule has 0 heterocycles. The molecule has 4 aromatic carbocycles. The van der Waals surface area contributed by atoms with Crippen molar-refractivity contribution in [1.82, 2.24) is 0 Å². The van der Waals surface area contributed by atoms with Gasteiger partial charge in [-0.1, -0.05) is 69.6 Å². The van der Waals surface area contributed by atoms with Crippen LogP contribution in [0.5, 0.6) is 0 Å². The predicted molar refractivity (Wildman–Crippen MR) is 141 cm³/mol. The van der Waals surface area contributed by atoms with Gasteiger partial charge in [0, 0.05) is 33.4 Å². The first-order chi connectivity index (χ1) is 17.7. The molecule has 14 heteroatoms. The van der Waals surface area contributed by atoms with Gasteiger partial charge in [0.2, 0.25) is 0 Å². The smallest absolute Gasteiger partial charge is 0.195 e. The largest absolute Gasteiger partial charge is 0.396 e. The van der Waals surface area contributed by atoms with Crippen molar-refractivity contribution in [2.24, 2.45) is 0 Å². The van der Waals surface area contributed by atoms with Crippen LogP contribution >= 0.6 is 69.6 Å². The van der Waals surface area contributed by atoms with Crippen molar-refractivity contribution in [3.63, 3.8) is 0 Å². The zero-order valence-electron chi connectivity index (χ0n) is 18.0. The molecule has 0 spiro atoms. The fourth-order valence-corrected chi connectivity index (χ4v) is 5.41. The van der Waals surface area contributed by atoms with E-state index in [1.807, 2.05) is 0 Å². The molecule has 4 N–H and O–H groups in total. The first-order valence-electron chi connectivity index (χ1n) is 9.92. The van der Waals surface area contributed by atoms with E-state index in [0.29, 0.717) is 12.1 Å². The van der Waals surface area contributed by atoms with Gasteiger partial charge in [-0.15, -0.1) is 0 Å². The van der Waals surface area contributed by atoms with Crippen molar-refractivity contribution in [2.45, 2.75) is 0 Å². The summed E-state index contributed by atoms with van der Waals surface area (Å²) in [5.74, 6) is -10.2. The lowest BCUT2D eigenvalue weighted by atomic mass is 9.87. The van der Waals surface area contributed by atoms with Crippen molar-refractivity contribution in [3.05, 3.63) is 89.3 Å². The normalized spacial score (nSPS) is 11.4. The van der Waals surface area contributed by atoms with Crippen LogP contribution in [0.15, 0.2) is 24.3 Å². The van der Waals surface area contributed by atoms with E-state index >= 15 is 8.78 Å². The lowest BCUT2D eigenvalue weighted by Gasteiger charge is -2.24. The van der Waals surface area contributed by atoms with Gasteiger partial charge in [0.1, 0.15) is 0 Å². The maximum absolute atomic E-state index is 15.0. The Hall–Kier alpha value is -2.20. The Bertz CT molecular complexity index is 1560. The average molecular weight is 651 g/mol. The lowest BCUT2D eigenvalue weighted by Crippen LogP contribution is -2.04. The van der Waals surface area contributed by atoms with Gasteiger partial charge in [0.25, 0.3) is 0 Å². The quantitative estimate of drug-likeness (QED) is 0.100. The number of hydrogen-bond donors (Lipinski definition) is 2. The Kier molecular flexibility index (Phi) is 7.89. The van der Waals surface area contributed by atoms with Crippen molar-refractivity contribution in [2.75, 3.05) is 11.5 Å². The maximum Gasteiger partial charge on any atom is 0.195 e. The highest BCUT2D eigenvalue weighted by Crippen LogP contribution is 2.57. The monoisotopic (exact) mass is 648 g/mol. The summed E-state index contributed by atoms with van der Waals surface area (Å²) in [7, 11) is 0. The van der Waals surface area contributed by atoms with Crippen LogP contribution in [-0.2, 0) is 0 Å². The van der Waals surface area contributed by atoms with Crippen molar-refractivity contribution >= 4 is 81.0 Å². The molecule has 0 saturated carbocycles. The van der Waals surface area contributed by atoms with Gasteiger partial charge in [-0.3, -0.25) is 0 Å². The molecule has 0 aromatic heterocycles. The third-order valence-corrected chi connectivity index (χ3v) is 8.09.